The van der Waals surface area contributed by atoms with Crippen LogP contribution >= 0.6 is 0 Å². The Balaban J connectivity index is 1.45. The van der Waals surface area contributed by atoms with Gasteiger partial charge in [-0.2, -0.15) is 0 Å². The normalized spacial score (nSPS) is 54.0. The number of ether oxygens (including phenoxy) is 5. The minimum atomic E-state index is -1.47. The first-order valence-corrected chi connectivity index (χ1v) is 10.2. The summed E-state index contributed by atoms with van der Waals surface area (Å²) in [6.07, 6.45) is 1.94. The molecule has 5 saturated heterocycles. The van der Waals surface area contributed by atoms with Gasteiger partial charge in [0, 0.05) is 17.4 Å². The summed E-state index contributed by atoms with van der Waals surface area (Å²) in [7, 11) is 1.28. The van der Waals surface area contributed by atoms with E-state index in [9.17, 15) is 14.4 Å². The molecule has 1 aromatic rings. The van der Waals surface area contributed by atoms with Crippen LogP contribution in [0.25, 0.3) is 0 Å². The third kappa shape index (κ3) is 1.42. The van der Waals surface area contributed by atoms with Gasteiger partial charge in [0.25, 0.3) is 0 Å². The minimum Gasteiger partial charge on any atom is -0.472 e. The largest absolute Gasteiger partial charge is 0.472 e. The second-order valence-electron chi connectivity index (χ2n) is 9.58. The minimum absolute atomic E-state index is 0.168. The van der Waals surface area contributed by atoms with Crippen LogP contribution in [0.15, 0.2) is 23.0 Å². The Labute approximate surface area is 170 Å². The Bertz CT molecular complexity index is 1020. The molecule has 7 aliphatic rings. The standard InChI is InChI=1S/C21H20O9/c1-18-6-11(9-3-4-26-8-9)29-19(18)7-13(28-15(19)22)20-12(18)5-10(27-16(20)23)14-21(20,30-14)17(24)25-2/h3-4,8,10-14H,5-7H2,1-2H3. The summed E-state index contributed by atoms with van der Waals surface area (Å²) in [5, 5.41) is 0. The van der Waals surface area contributed by atoms with E-state index in [1.807, 2.05) is 13.0 Å². The second-order valence-corrected chi connectivity index (χ2v) is 9.58. The topological polar surface area (TPSA) is 114 Å². The number of epoxide rings is 1. The van der Waals surface area contributed by atoms with Gasteiger partial charge in [-0.3, -0.25) is 4.79 Å². The number of furan rings is 1. The van der Waals surface area contributed by atoms with E-state index >= 15 is 0 Å². The molecule has 8 rings (SSSR count). The van der Waals surface area contributed by atoms with Gasteiger partial charge in [-0.15, -0.1) is 0 Å². The molecule has 0 radical (unpaired) electrons. The smallest absolute Gasteiger partial charge is 0.342 e. The summed E-state index contributed by atoms with van der Waals surface area (Å²) in [6, 6.07) is 1.81. The lowest BCUT2D eigenvalue weighted by Gasteiger charge is -2.60. The van der Waals surface area contributed by atoms with Gasteiger partial charge in [-0.05, 0) is 24.8 Å². The van der Waals surface area contributed by atoms with Crippen molar-refractivity contribution < 1.29 is 42.5 Å². The van der Waals surface area contributed by atoms with Crippen molar-refractivity contribution in [1.29, 1.82) is 0 Å². The van der Waals surface area contributed by atoms with Crippen LogP contribution in [-0.4, -0.2) is 54.5 Å². The van der Waals surface area contributed by atoms with Gasteiger partial charge in [0.2, 0.25) is 5.60 Å². The van der Waals surface area contributed by atoms with E-state index in [0.717, 1.165) is 5.56 Å². The molecule has 158 valence electrons. The lowest BCUT2D eigenvalue weighted by Crippen LogP contribution is -2.76. The Morgan fingerprint density at radius 1 is 1.17 bits per heavy atom. The van der Waals surface area contributed by atoms with Gasteiger partial charge >= 0.3 is 17.9 Å². The summed E-state index contributed by atoms with van der Waals surface area (Å²) < 4.78 is 34.2. The van der Waals surface area contributed by atoms with Crippen LogP contribution in [0.3, 0.4) is 0 Å². The van der Waals surface area contributed by atoms with Gasteiger partial charge < -0.3 is 28.1 Å². The van der Waals surface area contributed by atoms with Gasteiger partial charge in [0.05, 0.1) is 25.7 Å². The summed E-state index contributed by atoms with van der Waals surface area (Å²) in [5.41, 5.74) is -4.01. The molecular weight excluding hydrogens is 396 g/mol. The first kappa shape index (κ1) is 17.3. The van der Waals surface area contributed by atoms with E-state index in [-0.39, 0.29) is 12.5 Å². The van der Waals surface area contributed by atoms with Crippen LogP contribution < -0.4 is 0 Å². The highest BCUT2D eigenvalue weighted by atomic mass is 16.7. The Hall–Kier alpha value is -2.39. The molecule has 4 bridgehead atoms. The molecule has 30 heavy (non-hydrogen) atoms. The fraction of sp³-hybridized carbons (Fsp3) is 0.667. The monoisotopic (exact) mass is 416 g/mol. The summed E-state index contributed by atoms with van der Waals surface area (Å²) in [4.78, 5) is 39.7. The van der Waals surface area contributed by atoms with E-state index < -0.39 is 64.2 Å². The zero-order chi connectivity index (χ0) is 20.7. The average molecular weight is 416 g/mol. The molecule has 0 aromatic carbocycles. The van der Waals surface area contributed by atoms with E-state index in [2.05, 4.69) is 0 Å². The molecule has 2 aliphatic carbocycles. The van der Waals surface area contributed by atoms with Crippen molar-refractivity contribution in [3.63, 3.8) is 0 Å². The molecular formula is C21H20O9. The lowest BCUT2D eigenvalue weighted by atomic mass is 9.41. The van der Waals surface area contributed by atoms with Crippen LogP contribution in [0.4, 0.5) is 0 Å². The molecule has 0 amide bonds. The fourth-order valence-electron chi connectivity index (χ4n) is 7.58. The summed E-state index contributed by atoms with van der Waals surface area (Å²) >= 11 is 0. The summed E-state index contributed by atoms with van der Waals surface area (Å²) in [6.45, 7) is 1.97. The number of hydrogen-bond acceptors (Lipinski definition) is 9. The Morgan fingerprint density at radius 2 is 2.00 bits per heavy atom. The number of methoxy groups -OCH3 is 1. The molecule has 1 aromatic heterocycles. The van der Waals surface area contributed by atoms with E-state index in [1.165, 1.54) is 7.11 Å². The molecule has 9 heteroatoms. The first-order chi connectivity index (χ1) is 14.3. The number of hydrogen-bond donors (Lipinski definition) is 0. The molecule has 9 atom stereocenters. The fourth-order valence-corrected chi connectivity index (χ4v) is 7.58. The third-order valence-corrected chi connectivity index (χ3v) is 8.83. The van der Waals surface area contributed by atoms with E-state index in [4.69, 9.17) is 28.1 Å². The molecule has 2 spiro atoms. The highest BCUT2D eigenvalue weighted by Gasteiger charge is 2.96. The number of fused-ring (bicyclic) bond motifs is 2. The van der Waals surface area contributed by atoms with Gasteiger partial charge in [0.15, 0.2) is 11.0 Å². The quantitative estimate of drug-likeness (QED) is 0.397. The average Bonchev–Trinajstić information content (AvgIpc) is 3.02. The highest BCUT2D eigenvalue weighted by Crippen LogP contribution is 2.79. The number of rotatable bonds is 2. The Morgan fingerprint density at radius 3 is 2.73 bits per heavy atom. The first-order valence-electron chi connectivity index (χ1n) is 10.2. The molecule has 9 unspecified atom stereocenters. The van der Waals surface area contributed by atoms with Crippen molar-refractivity contribution >= 4 is 17.9 Å². The van der Waals surface area contributed by atoms with Crippen molar-refractivity contribution in [2.45, 2.75) is 61.8 Å². The van der Waals surface area contributed by atoms with E-state index in [1.54, 1.807) is 12.5 Å². The van der Waals surface area contributed by atoms with Crippen molar-refractivity contribution in [3.05, 3.63) is 24.2 Å². The SMILES string of the molecule is COC(=O)C12OC1C1CC3C4(C)CC(c5ccoc5)OC45CC(OC5=O)C32C(=O)O1. The van der Waals surface area contributed by atoms with E-state index in [0.29, 0.717) is 12.8 Å². The maximum absolute atomic E-state index is 13.5. The van der Waals surface area contributed by atoms with Crippen LogP contribution in [-0.2, 0) is 38.1 Å². The molecule has 2 saturated carbocycles. The van der Waals surface area contributed by atoms with Crippen molar-refractivity contribution in [2.75, 3.05) is 7.11 Å². The maximum Gasteiger partial charge on any atom is 0.342 e. The van der Waals surface area contributed by atoms with Crippen molar-refractivity contribution in [2.24, 2.45) is 16.7 Å². The van der Waals surface area contributed by atoms with Crippen LogP contribution in [0.2, 0.25) is 0 Å². The molecule has 6 heterocycles. The number of carbonyl (C=O) groups is 3. The van der Waals surface area contributed by atoms with Gasteiger partial charge in [0.1, 0.15) is 18.3 Å². The lowest BCUT2D eigenvalue weighted by molar-refractivity contribution is -0.240. The molecule has 7 fully saturated rings. The molecule has 5 aliphatic heterocycles. The highest BCUT2D eigenvalue weighted by molar-refractivity contribution is 5.99. The molecule has 9 nitrogen and oxygen atoms in total. The number of esters is 3. The zero-order valence-corrected chi connectivity index (χ0v) is 16.4. The maximum atomic E-state index is 13.5. The van der Waals surface area contributed by atoms with Crippen molar-refractivity contribution in [3.8, 4) is 0 Å². The third-order valence-electron chi connectivity index (χ3n) is 8.83. The molecule has 0 N–H and O–H groups in total. The van der Waals surface area contributed by atoms with Crippen LogP contribution in [0.1, 0.15) is 37.9 Å². The Kier molecular flexibility index (Phi) is 2.74. The predicted octanol–water partition coefficient (Wildman–Crippen LogP) is 1.06. The number of carbonyl (C=O) groups excluding carboxylic acids is 3. The van der Waals surface area contributed by atoms with Crippen molar-refractivity contribution in [1.82, 2.24) is 0 Å². The van der Waals surface area contributed by atoms with Crippen LogP contribution in [0, 0.1) is 16.7 Å². The van der Waals surface area contributed by atoms with Gasteiger partial charge in [-0.25, -0.2) is 9.59 Å². The summed E-state index contributed by atoms with van der Waals surface area (Å²) in [5.74, 6) is -2.03. The van der Waals surface area contributed by atoms with Crippen LogP contribution in [0.5, 0.6) is 0 Å². The second kappa shape index (κ2) is 4.75. The predicted molar refractivity (Wildman–Crippen MR) is 92.5 cm³/mol. The zero-order valence-electron chi connectivity index (χ0n) is 16.4. The van der Waals surface area contributed by atoms with Gasteiger partial charge in [-0.1, -0.05) is 6.92 Å².